The second-order valence-electron chi connectivity index (χ2n) is 3.65. The molecular weight excluding hydrogens is 309 g/mol. The van der Waals surface area contributed by atoms with Gasteiger partial charge in [-0.1, -0.05) is 11.6 Å². The number of rotatable bonds is 4. The number of aromatic nitrogens is 1. The average Bonchev–Trinajstić information content (AvgIpc) is 2.26. The second-order valence-corrected chi connectivity index (χ2v) is 4.03. The molecule has 0 amide bonds. The van der Waals surface area contributed by atoms with Crippen molar-refractivity contribution in [3.63, 3.8) is 0 Å². The lowest BCUT2D eigenvalue weighted by Gasteiger charge is -2.15. The summed E-state index contributed by atoms with van der Waals surface area (Å²) in [6, 6.07) is 0.801. The number of carbonyl (C=O) groups excluding carboxylic acids is 1. The van der Waals surface area contributed by atoms with Crippen LogP contribution in [0.1, 0.15) is 30.2 Å². The van der Waals surface area contributed by atoms with E-state index in [1.165, 1.54) is 6.92 Å². The molecule has 0 bridgehead atoms. The molecule has 0 aliphatic rings. The summed E-state index contributed by atoms with van der Waals surface area (Å²) in [5.41, 5.74) is -3.69. The Morgan fingerprint density at radius 1 is 1.45 bits per heavy atom. The first-order valence-electron chi connectivity index (χ1n) is 5.37. The molecule has 20 heavy (non-hydrogen) atoms. The maximum Gasteiger partial charge on any atom is 0.433 e. The lowest BCUT2D eigenvalue weighted by atomic mass is 10.0. The number of esters is 1. The van der Waals surface area contributed by atoms with Crippen molar-refractivity contribution in [1.82, 2.24) is 4.98 Å². The van der Waals surface area contributed by atoms with E-state index in [9.17, 15) is 26.7 Å². The SMILES string of the molecule is CCOC(=O)Cc1cc(Cl)nc(C(F)(F)F)c1C(F)F. The molecule has 1 aromatic heterocycles. The summed E-state index contributed by atoms with van der Waals surface area (Å²) < 4.78 is 68.3. The summed E-state index contributed by atoms with van der Waals surface area (Å²) in [5, 5.41) is -0.624. The third kappa shape index (κ3) is 4.03. The Morgan fingerprint density at radius 3 is 2.50 bits per heavy atom. The molecule has 0 aromatic carbocycles. The predicted octanol–water partition coefficient (Wildman–Crippen LogP) is 3.80. The molecule has 3 nitrogen and oxygen atoms in total. The second kappa shape index (κ2) is 6.34. The van der Waals surface area contributed by atoms with Gasteiger partial charge in [0.05, 0.1) is 18.6 Å². The molecule has 1 rings (SSSR count). The van der Waals surface area contributed by atoms with Crippen molar-refractivity contribution in [3.05, 3.63) is 28.0 Å². The van der Waals surface area contributed by atoms with Gasteiger partial charge in [0.1, 0.15) is 5.15 Å². The van der Waals surface area contributed by atoms with Crippen molar-refractivity contribution < 1.29 is 31.5 Å². The van der Waals surface area contributed by atoms with Crippen LogP contribution < -0.4 is 0 Å². The van der Waals surface area contributed by atoms with Crippen LogP contribution in [0.5, 0.6) is 0 Å². The van der Waals surface area contributed by atoms with Crippen molar-refractivity contribution in [3.8, 4) is 0 Å². The van der Waals surface area contributed by atoms with Crippen LogP contribution in [0.25, 0.3) is 0 Å². The summed E-state index contributed by atoms with van der Waals surface area (Å²) >= 11 is 5.39. The molecule has 0 saturated heterocycles. The van der Waals surface area contributed by atoms with E-state index in [4.69, 9.17) is 11.6 Å². The third-order valence-electron chi connectivity index (χ3n) is 2.24. The van der Waals surface area contributed by atoms with Gasteiger partial charge in [0.15, 0.2) is 5.69 Å². The molecule has 0 aliphatic carbocycles. The number of alkyl halides is 5. The van der Waals surface area contributed by atoms with Crippen molar-refractivity contribution in [1.29, 1.82) is 0 Å². The molecule has 0 fully saturated rings. The van der Waals surface area contributed by atoms with Gasteiger partial charge in [0.2, 0.25) is 0 Å². The fourth-order valence-electron chi connectivity index (χ4n) is 1.55. The van der Waals surface area contributed by atoms with Gasteiger partial charge >= 0.3 is 12.1 Å². The molecule has 1 aromatic rings. The van der Waals surface area contributed by atoms with Gasteiger partial charge in [-0.2, -0.15) is 13.2 Å². The van der Waals surface area contributed by atoms with E-state index in [-0.39, 0.29) is 6.61 Å². The van der Waals surface area contributed by atoms with Crippen LogP contribution in [0.3, 0.4) is 0 Å². The van der Waals surface area contributed by atoms with Gasteiger partial charge in [0.25, 0.3) is 6.43 Å². The summed E-state index contributed by atoms with van der Waals surface area (Å²) in [6.07, 6.45) is -9.28. The molecule has 0 spiro atoms. The highest BCUT2D eigenvalue weighted by Crippen LogP contribution is 2.38. The van der Waals surface area contributed by atoms with Gasteiger partial charge < -0.3 is 4.74 Å². The largest absolute Gasteiger partial charge is 0.466 e. The van der Waals surface area contributed by atoms with E-state index in [2.05, 4.69) is 9.72 Å². The zero-order valence-corrected chi connectivity index (χ0v) is 10.9. The lowest BCUT2D eigenvalue weighted by molar-refractivity contribution is -0.144. The smallest absolute Gasteiger partial charge is 0.433 e. The van der Waals surface area contributed by atoms with Crippen LogP contribution in [0.4, 0.5) is 22.0 Å². The molecule has 1 heterocycles. The first kappa shape index (κ1) is 16.6. The molecule has 0 radical (unpaired) electrons. The average molecular weight is 318 g/mol. The van der Waals surface area contributed by atoms with E-state index < -0.39 is 47.0 Å². The van der Waals surface area contributed by atoms with Crippen LogP contribution in [-0.2, 0) is 22.1 Å². The van der Waals surface area contributed by atoms with E-state index >= 15 is 0 Å². The molecule has 0 saturated carbocycles. The number of pyridine rings is 1. The van der Waals surface area contributed by atoms with Crippen molar-refractivity contribution in [2.45, 2.75) is 25.9 Å². The molecule has 112 valence electrons. The molecule has 0 aliphatic heterocycles. The van der Waals surface area contributed by atoms with Gasteiger partial charge in [-0.05, 0) is 18.6 Å². The third-order valence-corrected chi connectivity index (χ3v) is 2.43. The minimum Gasteiger partial charge on any atom is -0.466 e. The van der Waals surface area contributed by atoms with Crippen LogP contribution in [0.15, 0.2) is 6.07 Å². The first-order valence-corrected chi connectivity index (χ1v) is 5.74. The van der Waals surface area contributed by atoms with E-state index in [0.717, 1.165) is 6.07 Å². The Balaban J connectivity index is 3.35. The van der Waals surface area contributed by atoms with E-state index in [0.29, 0.717) is 0 Å². The van der Waals surface area contributed by atoms with Crippen molar-refractivity contribution in [2.75, 3.05) is 6.61 Å². The highest BCUT2D eigenvalue weighted by atomic mass is 35.5. The Kier molecular flexibility index (Phi) is 5.27. The maximum atomic E-state index is 12.9. The first-order chi connectivity index (χ1) is 9.16. The molecule has 0 unspecified atom stereocenters. The summed E-state index contributed by atoms with van der Waals surface area (Å²) in [5.74, 6) is -0.926. The van der Waals surface area contributed by atoms with E-state index in [1.54, 1.807) is 0 Å². The van der Waals surface area contributed by atoms with Crippen molar-refractivity contribution in [2.24, 2.45) is 0 Å². The summed E-state index contributed by atoms with van der Waals surface area (Å²) in [6.45, 7) is 1.46. The Labute approximate surface area is 115 Å². The normalized spacial score (nSPS) is 11.8. The molecule has 0 N–H and O–H groups in total. The highest BCUT2D eigenvalue weighted by molar-refractivity contribution is 6.29. The van der Waals surface area contributed by atoms with Crippen LogP contribution in [0, 0.1) is 0 Å². The minimum atomic E-state index is -5.10. The summed E-state index contributed by atoms with van der Waals surface area (Å²) in [4.78, 5) is 14.1. The van der Waals surface area contributed by atoms with Gasteiger partial charge in [-0.25, -0.2) is 13.8 Å². The Morgan fingerprint density at radius 2 is 2.05 bits per heavy atom. The summed E-state index contributed by atoms with van der Waals surface area (Å²) in [7, 11) is 0. The molecule has 9 heteroatoms. The molecule has 0 atom stereocenters. The number of hydrogen-bond donors (Lipinski definition) is 0. The predicted molar refractivity (Wildman–Crippen MR) is 59.5 cm³/mol. The van der Waals surface area contributed by atoms with Crippen LogP contribution in [0.2, 0.25) is 5.15 Å². The standard InChI is InChI=1S/C11H9ClF5NO2/c1-2-20-7(19)4-5-3-6(12)18-9(11(15,16)17)8(5)10(13)14/h3,10H,2,4H2,1H3. The zero-order valence-electron chi connectivity index (χ0n) is 10.1. The number of ether oxygens (including phenoxy) is 1. The molecular formula is C11H9ClF5NO2. The van der Waals surface area contributed by atoms with Crippen LogP contribution >= 0.6 is 11.6 Å². The Hall–Kier alpha value is -1.44. The minimum absolute atomic E-state index is 0.0201. The number of halogens is 6. The highest BCUT2D eigenvalue weighted by Gasteiger charge is 2.39. The fourth-order valence-corrected chi connectivity index (χ4v) is 1.76. The van der Waals surface area contributed by atoms with Crippen LogP contribution in [-0.4, -0.2) is 17.6 Å². The number of carbonyl (C=O) groups is 1. The Bertz CT molecular complexity index is 504. The van der Waals surface area contributed by atoms with Gasteiger partial charge in [0, 0.05) is 0 Å². The van der Waals surface area contributed by atoms with Gasteiger partial charge in [-0.15, -0.1) is 0 Å². The number of nitrogens with zero attached hydrogens (tertiary/aromatic N) is 1. The van der Waals surface area contributed by atoms with Gasteiger partial charge in [-0.3, -0.25) is 4.79 Å². The quantitative estimate of drug-likeness (QED) is 0.482. The topological polar surface area (TPSA) is 39.2 Å². The monoisotopic (exact) mass is 317 g/mol. The maximum absolute atomic E-state index is 12.9. The fraction of sp³-hybridized carbons (Fsp3) is 0.455. The lowest BCUT2D eigenvalue weighted by Crippen LogP contribution is -2.17. The van der Waals surface area contributed by atoms with E-state index in [1.807, 2.05) is 0 Å². The van der Waals surface area contributed by atoms with Crippen molar-refractivity contribution >= 4 is 17.6 Å². The zero-order chi connectivity index (χ0) is 15.5. The number of hydrogen-bond acceptors (Lipinski definition) is 3.